The number of hydrogen-bond donors (Lipinski definition) is 2. The molecule has 1 aromatic rings. The van der Waals surface area contributed by atoms with Gasteiger partial charge in [-0.05, 0) is 25.0 Å². The van der Waals surface area contributed by atoms with Gasteiger partial charge in [0, 0.05) is 25.3 Å². The third-order valence-electron chi connectivity index (χ3n) is 8.52. The second-order valence-corrected chi connectivity index (χ2v) is 12.8. The average molecular weight is 798 g/mol. The van der Waals surface area contributed by atoms with Crippen LogP contribution in [0.1, 0.15) is 66.2 Å². The van der Waals surface area contributed by atoms with E-state index in [1.165, 1.54) is 19.3 Å². The van der Waals surface area contributed by atoms with Gasteiger partial charge in [-0.15, -0.1) is 0 Å². The van der Waals surface area contributed by atoms with Gasteiger partial charge in [0.05, 0.1) is 137 Å². The van der Waals surface area contributed by atoms with Gasteiger partial charge in [0.25, 0.3) is 11.8 Å². The van der Waals surface area contributed by atoms with Gasteiger partial charge in [-0.25, -0.2) is 0 Å². The van der Waals surface area contributed by atoms with Crippen molar-refractivity contribution in [2.24, 2.45) is 0 Å². The number of carbonyl (C=O) groups excluding carboxylic acids is 4. The number of fused-ring (bicyclic) bond motifs is 1. The minimum atomic E-state index is -1.01. The van der Waals surface area contributed by atoms with Crippen molar-refractivity contribution < 1.29 is 66.5 Å². The number of amides is 4. The predicted molar refractivity (Wildman–Crippen MR) is 204 cm³/mol. The lowest BCUT2D eigenvalue weighted by molar-refractivity contribution is -0.136. The molecule has 2 aliphatic rings. The number of anilines is 1. The standard InChI is InChI=1S/C39H63N3O14/c1-2-3-4-5-12-47-14-16-49-18-20-51-22-24-53-26-28-55-30-31-56-29-27-54-25-23-52-21-19-50-17-15-48-13-11-40-33-8-6-7-32-36(33)39(46)42(38(32)45)34-9-10-35(43)41-37(34)44/h6-8,34,40H,2-5,9-31H2,1H3,(H,41,43,44). The Morgan fingerprint density at radius 2 is 1.02 bits per heavy atom. The number of imide groups is 2. The first kappa shape index (κ1) is 47.3. The Morgan fingerprint density at radius 1 is 0.571 bits per heavy atom. The summed E-state index contributed by atoms with van der Waals surface area (Å²) in [5, 5.41) is 5.33. The Hall–Kier alpha value is -3.10. The molecular weight excluding hydrogens is 734 g/mol. The van der Waals surface area contributed by atoms with Crippen LogP contribution in [0.4, 0.5) is 5.69 Å². The van der Waals surface area contributed by atoms with E-state index in [-0.39, 0.29) is 24.0 Å². The molecule has 17 nitrogen and oxygen atoms in total. The second-order valence-electron chi connectivity index (χ2n) is 12.8. The molecule has 0 radical (unpaired) electrons. The van der Waals surface area contributed by atoms with Gasteiger partial charge in [0.1, 0.15) is 6.04 Å². The molecule has 3 rings (SSSR count). The smallest absolute Gasteiger partial charge is 0.264 e. The van der Waals surface area contributed by atoms with Crippen molar-refractivity contribution >= 4 is 29.3 Å². The normalized spacial score (nSPS) is 15.5. The highest BCUT2D eigenvalue weighted by Gasteiger charge is 2.45. The molecule has 0 aliphatic carbocycles. The van der Waals surface area contributed by atoms with Crippen LogP contribution in [-0.2, 0) is 57.0 Å². The minimum absolute atomic E-state index is 0.0670. The van der Waals surface area contributed by atoms with Crippen molar-refractivity contribution in [1.82, 2.24) is 10.2 Å². The summed E-state index contributed by atoms with van der Waals surface area (Å²) in [7, 11) is 0. The number of benzene rings is 1. The van der Waals surface area contributed by atoms with Crippen molar-refractivity contribution in [2.45, 2.75) is 51.5 Å². The zero-order valence-electron chi connectivity index (χ0n) is 33.1. The third-order valence-corrected chi connectivity index (χ3v) is 8.52. The highest BCUT2D eigenvalue weighted by atomic mass is 16.6. The lowest BCUT2D eigenvalue weighted by atomic mass is 10.0. The minimum Gasteiger partial charge on any atom is -0.382 e. The van der Waals surface area contributed by atoms with E-state index in [1.807, 2.05) is 0 Å². The van der Waals surface area contributed by atoms with E-state index in [4.69, 9.17) is 47.4 Å². The van der Waals surface area contributed by atoms with Gasteiger partial charge < -0.3 is 52.7 Å². The number of rotatable bonds is 37. The number of carbonyl (C=O) groups is 4. The fourth-order valence-electron chi connectivity index (χ4n) is 5.63. The van der Waals surface area contributed by atoms with Gasteiger partial charge in [-0.1, -0.05) is 32.3 Å². The molecule has 1 unspecified atom stereocenters. The van der Waals surface area contributed by atoms with Crippen LogP contribution in [0.2, 0.25) is 0 Å². The van der Waals surface area contributed by atoms with E-state index >= 15 is 0 Å². The van der Waals surface area contributed by atoms with Crippen LogP contribution >= 0.6 is 0 Å². The summed E-state index contributed by atoms with van der Waals surface area (Å²) in [6.07, 6.45) is 5.02. The van der Waals surface area contributed by atoms with Gasteiger partial charge in [0.15, 0.2) is 0 Å². The van der Waals surface area contributed by atoms with Crippen LogP contribution in [-0.4, -0.2) is 173 Å². The molecule has 0 bridgehead atoms. The molecule has 2 aliphatic heterocycles. The molecule has 4 amide bonds. The summed E-state index contributed by atoms with van der Waals surface area (Å²) in [5.41, 5.74) is 0.913. The van der Waals surface area contributed by atoms with Crippen molar-refractivity contribution in [3.05, 3.63) is 29.3 Å². The number of nitrogens with one attached hydrogen (secondary N) is 2. The molecule has 1 atom stereocenters. The zero-order valence-corrected chi connectivity index (χ0v) is 33.1. The monoisotopic (exact) mass is 797 g/mol. The van der Waals surface area contributed by atoms with E-state index < -0.39 is 29.7 Å². The molecule has 2 N–H and O–H groups in total. The van der Waals surface area contributed by atoms with Crippen molar-refractivity contribution in [2.75, 3.05) is 144 Å². The number of piperidine rings is 1. The number of unbranched alkanes of at least 4 members (excludes halogenated alkanes) is 3. The molecule has 0 saturated carbocycles. The molecule has 0 aromatic heterocycles. The Labute approximate surface area is 330 Å². The molecule has 318 valence electrons. The van der Waals surface area contributed by atoms with Crippen LogP contribution in [0.25, 0.3) is 0 Å². The number of hydrogen-bond acceptors (Lipinski definition) is 15. The maximum absolute atomic E-state index is 13.2. The average Bonchev–Trinajstić information content (AvgIpc) is 3.45. The highest BCUT2D eigenvalue weighted by molar-refractivity contribution is 6.25. The van der Waals surface area contributed by atoms with Gasteiger partial charge >= 0.3 is 0 Å². The Balaban J connectivity index is 1.00. The van der Waals surface area contributed by atoms with Crippen molar-refractivity contribution in [3.8, 4) is 0 Å². The zero-order chi connectivity index (χ0) is 39.9. The van der Waals surface area contributed by atoms with Gasteiger partial charge in [-0.3, -0.25) is 29.4 Å². The Kier molecular flexibility index (Phi) is 26.1. The first-order chi connectivity index (χ1) is 27.5. The van der Waals surface area contributed by atoms with Crippen molar-refractivity contribution in [3.63, 3.8) is 0 Å². The molecular formula is C39H63N3O14. The molecule has 2 heterocycles. The highest BCUT2D eigenvalue weighted by Crippen LogP contribution is 2.32. The summed E-state index contributed by atoms with van der Waals surface area (Å²) in [4.78, 5) is 50.9. The number of ether oxygens (including phenoxy) is 10. The SMILES string of the molecule is CCCCCCOCCOCCOCCOCCOCCOCCOCCOCCOCCOCCNc1cccc2c1C(=O)N(C1CCC(=O)NC1=O)C2=O. The van der Waals surface area contributed by atoms with E-state index in [9.17, 15) is 19.2 Å². The fraction of sp³-hybridized carbons (Fsp3) is 0.744. The summed E-state index contributed by atoms with van der Waals surface area (Å²) in [6, 6.07) is 3.91. The largest absolute Gasteiger partial charge is 0.382 e. The Morgan fingerprint density at radius 3 is 1.46 bits per heavy atom. The maximum Gasteiger partial charge on any atom is 0.264 e. The molecule has 1 fully saturated rings. The quantitative estimate of drug-likeness (QED) is 0.0737. The number of nitrogens with zero attached hydrogens (tertiary/aromatic N) is 1. The van der Waals surface area contributed by atoms with Crippen LogP contribution in [0.3, 0.4) is 0 Å². The molecule has 1 aromatic carbocycles. The summed E-state index contributed by atoms with van der Waals surface area (Å²) in [5.74, 6) is -2.16. The lowest BCUT2D eigenvalue weighted by Gasteiger charge is -2.27. The van der Waals surface area contributed by atoms with Crippen LogP contribution in [0, 0.1) is 0 Å². The van der Waals surface area contributed by atoms with E-state index in [0.717, 1.165) is 17.9 Å². The predicted octanol–water partition coefficient (Wildman–Crippen LogP) is 2.25. The van der Waals surface area contributed by atoms with E-state index in [0.29, 0.717) is 138 Å². The fourth-order valence-corrected chi connectivity index (χ4v) is 5.63. The first-order valence-corrected chi connectivity index (χ1v) is 19.9. The van der Waals surface area contributed by atoms with E-state index in [2.05, 4.69) is 17.6 Å². The Bertz CT molecular complexity index is 1260. The molecule has 1 saturated heterocycles. The van der Waals surface area contributed by atoms with Crippen molar-refractivity contribution in [1.29, 1.82) is 0 Å². The van der Waals surface area contributed by atoms with Crippen LogP contribution < -0.4 is 10.6 Å². The molecule has 56 heavy (non-hydrogen) atoms. The third kappa shape index (κ3) is 19.4. The molecule has 17 heteroatoms. The van der Waals surface area contributed by atoms with E-state index in [1.54, 1.807) is 18.2 Å². The lowest BCUT2D eigenvalue weighted by Crippen LogP contribution is -2.54. The van der Waals surface area contributed by atoms with Crippen LogP contribution in [0.5, 0.6) is 0 Å². The maximum atomic E-state index is 13.2. The first-order valence-electron chi connectivity index (χ1n) is 19.9. The van der Waals surface area contributed by atoms with Gasteiger partial charge in [0.2, 0.25) is 11.8 Å². The topological polar surface area (TPSA) is 188 Å². The summed E-state index contributed by atoms with van der Waals surface area (Å²) in [6.45, 7) is 12.5. The van der Waals surface area contributed by atoms with Crippen LogP contribution in [0.15, 0.2) is 18.2 Å². The van der Waals surface area contributed by atoms with Gasteiger partial charge in [-0.2, -0.15) is 0 Å². The molecule has 0 spiro atoms. The summed E-state index contributed by atoms with van der Waals surface area (Å²) >= 11 is 0. The summed E-state index contributed by atoms with van der Waals surface area (Å²) < 4.78 is 55.1. The second kappa shape index (κ2) is 31.0.